The first-order valence-corrected chi connectivity index (χ1v) is 10.5. The maximum atomic E-state index is 14.8. The van der Waals surface area contributed by atoms with Gasteiger partial charge in [-0.25, -0.2) is 19.0 Å². The van der Waals surface area contributed by atoms with Crippen molar-refractivity contribution in [2.75, 3.05) is 13.7 Å². The zero-order valence-corrected chi connectivity index (χ0v) is 18.1. The Hall–Kier alpha value is -3.39. The molecule has 1 aromatic heterocycles. The van der Waals surface area contributed by atoms with Gasteiger partial charge in [-0.3, -0.25) is 0 Å². The number of carbonyl (C=O) groups excluding carboxylic acids is 2. The number of hydrogen-bond donors (Lipinski definition) is 2. The number of nitrogens with one attached hydrogen (secondary N) is 2. The molecule has 0 radical (unpaired) electrons. The average molecular weight is 457 g/mol. The molecule has 1 aliphatic heterocycles. The number of nitrogens with zero attached hydrogens (tertiary/aromatic N) is 2. The maximum absolute atomic E-state index is 14.8. The lowest BCUT2D eigenvalue weighted by molar-refractivity contribution is -0.142. The van der Waals surface area contributed by atoms with Crippen molar-refractivity contribution in [1.82, 2.24) is 20.2 Å². The zero-order chi connectivity index (χ0) is 22.7. The Morgan fingerprint density at radius 1 is 1.31 bits per heavy atom. The molecular weight excluding hydrogens is 435 g/mol. The lowest BCUT2D eigenvalue weighted by atomic mass is 9.95. The number of aromatic amines is 1. The minimum Gasteiger partial charge on any atom is -0.467 e. The highest BCUT2D eigenvalue weighted by Gasteiger charge is 2.37. The van der Waals surface area contributed by atoms with Crippen LogP contribution in [0.5, 0.6) is 0 Å². The van der Waals surface area contributed by atoms with E-state index in [1.54, 1.807) is 12.1 Å². The summed E-state index contributed by atoms with van der Waals surface area (Å²) in [6.07, 6.45) is 2.32. The Morgan fingerprint density at radius 3 is 2.81 bits per heavy atom. The number of rotatable bonds is 5. The van der Waals surface area contributed by atoms with E-state index in [-0.39, 0.29) is 17.0 Å². The van der Waals surface area contributed by atoms with Crippen molar-refractivity contribution in [3.05, 3.63) is 88.2 Å². The molecule has 7 nitrogen and oxygen atoms in total. The van der Waals surface area contributed by atoms with Gasteiger partial charge in [0.2, 0.25) is 0 Å². The van der Waals surface area contributed by atoms with Crippen LogP contribution in [0.2, 0.25) is 5.02 Å². The first kappa shape index (κ1) is 21.8. The maximum Gasteiger partial charge on any atom is 0.328 e. The molecular formula is C23H22ClFN4O3. The summed E-state index contributed by atoms with van der Waals surface area (Å²) in [5.41, 5.74) is 2.54. The molecule has 0 saturated heterocycles. The highest BCUT2D eigenvalue weighted by atomic mass is 35.5. The number of amides is 2. The normalized spacial score (nSPS) is 16.2. The lowest BCUT2D eigenvalue weighted by Crippen LogP contribution is -2.52. The van der Waals surface area contributed by atoms with Gasteiger partial charge >= 0.3 is 12.0 Å². The molecule has 32 heavy (non-hydrogen) atoms. The van der Waals surface area contributed by atoms with Crippen molar-refractivity contribution in [2.24, 2.45) is 0 Å². The van der Waals surface area contributed by atoms with E-state index in [2.05, 4.69) is 15.3 Å². The number of urea groups is 1. The number of fused-ring (bicyclic) bond motifs is 1. The minimum atomic E-state index is -0.897. The van der Waals surface area contributed by atoms with Crippen LogP contribution < -0.4 is 5.32 Å². The fourth-order valence-corrected chi connectivity index (χ4v) is 4.11. The van der Waals surface area contributed by atoms with Crippen LogP contribution in [0.3, 0.4) is 0 Å². The number of hydrogen-bond acceptors (Lipinski definition) is 4. The Labute approximate surface area is 189 Å². The van der Waals surface area contributed by atoms with Crippen LogP contribution in [-0.4, -0.2) is 46.6 Å². The Bertz CT molecular complexity index is 1120. The molecule has 2 heterocycles. The molecule has 2 aromatic carbocycles. The molecule has 2 amide bonds. The number of ether oxygens (including phenoxy) is 1. The largest absolute Gasteiger partial charge is 0.467 e. The fourth-order valence-electron chi connectivity index (χ4n) is 3.95. The van der Waals surface area contributed by atoms with Gasteiger partial charge in [-0.05, 0) is 17.7 Å². The number of aromatic nitrogens is 2. The third kappa shape index (κ3) is 4.45. The number of methoxy groups -OCH3 is 1. The summed E-state index contributed by atoms with van der Waals surface area (Å²) in [6, 6.07) is 11.5. The number of esters is 1. The predicted molar refractivity (Wildman–Crippen MR) is 117 cm³/mol. The van der Waals surface area contributed by atoms with Crippen LogP contribution in [0, 0.1) is 5.82 Å². The highest BCUT2D eigenvalue weighted by Crippen LogP contribution is 2.35. The van der Waals surface area contributed by atoms with Crippen LogP contribution in [0.15, 0.2) is 54.9 Å². The van der Waals surface area contributed by atoms with E-state index in [4.69, 9.17) is 16.3 Å². The van der Waals surface area contributed by atoms with E-state index >= 15 is 0 Å². The van der Waals surface area contributed by atoms with Crippen molar-refractivity contribution in [3.8, 4) is 0 Å². The van der Waals surface area contributed by atoms with Gasteiger partial charge in [0.15, 0.2) is 0 Å². The molecule has 0 aliphatic carbocycles. The smallest absolute Gasteiger partial charge is 0.328 e. The topological polar surface area (TPSA) is 87.3 Å². The standard InChI is InChI=1S/C23H22ClFN4O3/c1-32-22(30)19(11-14-5-3-2-4-6-14)28-23(31)29-10-9-18-20(27-13-26-18)21(29)16-8-7-15(24)12-17(16)25/h2-8,12-13,19,21H,9-11H2,1H3,(H,26,27)(H,28,31)/t19-,21-/m1/s1. The summed E-state index contributed by atoms with van der Waals surface area (Å²) in [7, 11) is 1.27. The molecule has 2 atom stereocenters. The molecule has 2 N–H and O–H groups in total. The summed E-state index contributed by atoms with van der Waals surface area (Å²) in [4.78, 5) is 34.6. The third-order valence-corrected chi connectivity index (χ3v) is 5.74. The van der Waals surface area contributed by atoms with E-state index in [1.807, 2.05) is 30.3 Å². The highest BCUT2D eigenvalue weighted by molar-refractivity contribution is 6.30. The predicted octanol–water partition coefficient (Wildman–Crippen LogP) is 3.64. The van der Waals surface area contributed by atoms with Gasteiger partial charge in [-0.15, -0.1) is 0 Å². The minimum absolute atomic E-state index is 0.258. The summed E-state index contributed by atoms with van der Waals surface area (Å²) in [6.45, 7) is 0.312. The number of imidazole rings is 1. The van der Waals surface area contributed by atoms with Gasteiger partial charge in [-0.1, -0.05) is 48.0 Å². The Balaban J connectivity index is 1.63. The zero-order valence-electron chi connectivity index (χ0n) is 17.3. The van der Waals surface area contributed by atoms with Gasteiger partial charge in [0.05, 0.1) is 19.1 Å². The third-order valence-electron chi connectivity index (χ3n) is 5.51. The van der Waals surface area contributed by atoms with E-state index in [0.717, 1.165) is 11.3 Å². The van der Waals surface area contributed by atoms with Crippen molar-refractivity contribution in [1.29, 1.82) is 0 Å². The van der Waals surface area contributed by atoms with Gasteiger partial charge in [-0.2, -0.15) is 0 Å². The molecule has 0 bridgehead atoms. The van der Waals surface area contributed by atoms with Crippen molar-refractivity contribution in [2.45, 2.75) is 24.9 Å². The van der Waals surface area contributed by atoms with Crippen LogP contribution in [0.4, 0.5) is 9.18 Å². The van der Waals surface area contributed by atoms with Gasteiger partial charge in [0.1, 0.15) is 17.9 Å². The van der Waals surface area contributed by atoms with E-state index in [0.29, 0.717) is 18.7 Å². The second kappa shape index (κ2) is 9.40. The SMILES string of the molecule is COC(=O)[C@@H](Cc1ccccc1)NC(=O)N1CCc2[nH]cnc2[C@H]1c1ccc(Cl)cc1F. The quantitative estimate of drug-likeness (QED) is 0.574. The molecule has 0 spiro atoms. The Kier molecular flexibility index (Phi) is 6.41. The monoisotopic (exact) mass is 456 g/mol. The lowest BCUT2D eigenvalue weighted by Gasteiger charge is -2.36. The van der Waals surface area contributed by atoms with E-state index in [1.165, 1.54) is 24.4 Å². The summed E-state index contributed by atoms with van der Waals surface area (Å²) in [5, 5.41) is 3.02. The molecule has 166 valence electrons. The van der Waals surface area contributed by atoms with Crippen molar-refractivity contribution >= 4 is 23.6 Å². The number of carbonyl (C=O) groups is 2. The molecule has 9 heteroatoms. The molecule has 4 rings (SSSR count). The fraction of sp³-hybridized carbons (Fsp3) is 0.261. The first-order valence-electron chi connectivity index (χ1n) is 10.1. The van der Waals surface area contributed by atoms with Gasteiger partial charge < -0.3 is 19.9 Å². The molecule has 0 saturated carbocycles. The van der Waals surface area contributed by atoms with Crippen LogP contribution in [0.25, 0.3) is 0 Å². The summed E-state index contributed by atoms with van der Waals surface area (Å²) in [5.74, 6) is -1.10. The Morgan fingerprint density at radius 2 is 2.09 bits per heavy atom. The summed E-state index contributed by atoms with van der Waals surface area (Å²) >= 11 is 5.92. The van der Waals surface area contributed by atoms with E-state index in [9.17, 15) is 14.0 Å². The number of benzene rings is 2. The first-order chi connectivity index (χ1) is 15.5. The van der Waals surface area contributed by atoms with Gasteiger partial charge in [0, 0.05) is 35.7 Å². The second-order valence-electron chi connectivity index (χ2n) is 7.49. The van der Waals surface area contributed by atoms with E-state index < -0.39 is 29.9 Å². The molecule has 0 fully saturated rings. The molecule has 3 aromatic rings. The average Bonchev–Trinajstić information content (AvgIpc) is 3.27. The second-order valence-corrected chi connectivity index (χ2v) is 7.93. The van der Waals surface area contributed by atoms with Gasteiger partial charge in [0.25, 0.3) is 0 Å². The molecule has 0 unspecified atom stereocenters. The van der Waals surface area contributed by atoms with Crippen LogP contribution in [0.1, 0.15) is 28.6 Å². The van der Waals surface area contributed by atoms with Crippen LogP contribution >= 0.6 is 11.6 Å². The van der Waals surface area contributed by atoms with Crippen LogP contribution in [-0.2, 0) is 22.4 Å². The molecule has 1 aliphatic rings. The van der Waals surface area contributed by atoms with Crippen molar-refractivity contribution < 1.29 is 18.7 Å². The number of halogens is 2. The summed E-state index contributed by atoms with van der Waals surface area (Å²) < 4.78 is 19.7. The number of H-pyrrole nitrogens is 1. The van der Waals surface area contributed by atoms with Crippen molar-refractivity contribution in [3.63, 3.8) is 0 Å².